The lowest BCUT2D eigenvalue weighted by Gasteiger charge is -2.34. The molecule has 2 aromatic rings. The molecule has 1 aliphatic rings. The number of fused-ring (bicyclic) bond motifs is 1. The number of hydrogen-bond donors (Lipinski definition) is 2. The molecule has 1 fully saturated rings. The van der Waals surface area contributed by atoms with Gasteiger partial charge < -0.3 is 10.1 Å². The molecule has 0 bridgehead atoms. The minimum atomic E-state index is -0.0943. The number of rotatable bonds is 3. The summed E-state index contributed by atoms with van der Waals surface area (Å²) in [6, 6.07) is 7.54. The van der Waals surface area contributed by atoms with E-state index in [4.69, 9.17) is 0 Å². The number of H-pyrrole nitrogens is 1. The molecule has 1 aliphatic heterocycles. The zero-order chi connectivity index (χ0) is 13.9. The predicted molar refractivity (Wildman–Crippen MR) is 77.5 cm³/mol. The fourth-order valence-corrected chi connectivity index (χ4v) is 2.88. The Morgan fingerprint density at radius 1 is 1.35 bits per heavy atom. The van der Waals surface area contributed by atoms with Gasteiger partial charge in [-0.15, -0.1) is 0 Å². The first-order valence-corrected chi connectivity index (χ1v) is 7.11. The molecule has 3 rings (SSSR count). The second-order valence-electron chi connectivity index (χ2n) is 5.33. The molecule has 1 aromatic heterocycles. The van der Waals surface area contributed by atoms with Gasteiger partial charge in [-0.1, -0.05) is 18.6 Å². The van der Waals surface area contributed by atoms with Crippen LogP contribution in [0.4, 0.5) is 0 Å². The van der Waals surface area contributed by atoms with Crippen molar-refractivity contribution in [3.8, 4) is 0 Å². The maximum absolute atomic E-state index is 12.0. The van der Waals surface area contributed by atoms with Gasteiger partial charge in [0.25, 0.3) is 5.56 Å². The van der Waals surface area contributed by atoms with Crippen LogP contribution in [0.3, 0.4) is 0 Å². The van der Waals surface area contributed by atoms with Gasteiger partial charge in [0.05, 0.1) is 24.1 Å². The summed E-state index contributed by atoms with van der Waals surface area (Å²) >= 11 is 0. The maximum atomic E-state index is 12.0. The normalized spacial score (nSPS) is 20.4. The molecular weight excluding hydrogens is 254 g/mol. The van der Waals surface area contributed by atoms with Gasteiger partial charge in [-0.05, 0) is 31.5 Å². The highest BCUT2D eigenvalue weighted by Gasteiger charge is 2.22. The summed E-state index contributed by atoms with van der Waals surface area (Å²) < 4.78 is 0. The lowest BCUT2D eigenvalue weighted by molar-refractivity contribution is 0.0819. The van der Waals surface area contributed by atoms with E-state index in [9.17, 15) is 9.90 Å². The zero-order valence-electron chi connectivity index (χ0n) is 11.4. The van der Waals surface area contributed by atoms with Crippen LogP contribution in [-0.2, 0) is 6.54 Å². The molecule has 2 N–H and O–H groups in total. The Morgan fingerprint density at radius 2 is 2.20 bits per heavy atom. The molecule has 20 heavy (non-hydrogen) atoms. The first kappa shape index (κ1) is 13.3. The van der Waals surface area contributed by atoms with Crippen molar-refractivity contribution >= 4 is 10.9 Å². The van der Waals surface area contributed by atoms with Crippen LogP contribution in [0.1, 0.15) is 25.1 Å². The second-order valence-corrected chi connectivity index (χ2v) is 5.33. The van der Waals surface area contributed by atoms with E-state index < -0.39 is 0 Å². The van der Waals surface area contributed by atoms with E-state index in [0.29, 0.717) is 17.8 Å². The molecule has 106 valence electrons. The van der Waals surface area contributed by atoms with Crippen molar-refractivity contribution in [2.75, 3.05) is 13.2 Å². The first-order valence-electron chi connectivity index (χ1n) is 7.11. The van der Waals surface area contributed by atoms with E-state index in [1.165, 1.54) is 0 Å². The van der Waals surface area contributed by atoms with Crippen molar-refractivity contribution in [2.24, 2.45) is 0 Å². The van der Waals surface area contributed by atoms with Gasteiger partial charge in [0.15, 0.2) is 0 Å². The number of benzene rings is 1. The highest BCUT2D eigenvalue weighted by atomic mass is 16.3. The van der Waals surface area contributed by atoms with Crippen LogP contribution in [0, 0.1) is 0 Å². The molecule has 2 heterocycles. The lowest BCUT2D eigenvalue weighted by atomic mass is 10.0. The molecule has 0 saturated carbocycles. The van der Waals surface area contributed by atoms with E-state index >= 15 is 0 Å². The third kappa shape index (κ3) is 2.59. The van der Waals surface area contributed by atoms with E-state index in [-0.39, 0.29) is 18.2 Å². The largest absolute Gasteiger partial charge is 0.395 e. The third-order valence-corrected chi connectivity index (χ3v) is 3.97. The topological polar surface area (TPSA) is 69.2 Å². The van der Waals surface area contributed by atoms with Crippen LogP contribution in [0.15, 0.2) is 29.1 Å². The summed E-state index contributed by atoms with van der Waals surface area (Å²) in [6.07, 6.45) is 3.30. The molecule has 1 atom stereocenters. The van der Waals surface area contributed by atoms with Crippen molar-refractivity contribution < 1.29 is 5.11 Å². The van der Waals surface area contributed by atoms with E-state index in [1.807, 2.05) is 18.2 Å². The van der Waals surface area contributed by atoms with Crippen molar-refractivity contribution in [3.05, 3.63) is 40.4 Å². The van der Waals surface area contributed by atoms with Crippen molar-refractivity contribution in [1.29, 1.82) is 0 Å². The van der Waals surface area contributed by atoms with E-state index in [2.05, 4.69) is 14.9 Å². The van der Waals surface area contributed by atoms with Gasteiger partial charge in [-0.25, -0.2) is 4.98 Å². The van der Waals surface area contributed by atoms with Gasteiger partial charge in [0.2, 0.25) is 0 Å². The van der Waals surface area contributed by atoms with Gasteiger partial charge in [0, 0.05) is 6.04 Å². The standard InChI is InChI=1S/C15H19N3O2/c19-10-11-5-3-4-8-18(11)9-14-16-13-7-2-1-6-12(13)15(20)17-14/h1-2,6-7,11,19H,3-5,8-10H2,(H,16,17,20)/t11-/m0/s1. The number of aromatic nitrogens is 2. The Hall–Kier alpha value is -1.72. The minimum absolute atomic E-state index is 0.0943. The SMILES string of the molecule is O=c1[nH]c(CN2CCCC[C@H]2CO)nc2ccccc12. The molecule has 0 aliphatic carbocycles. The smallest absolute Gasteiger partial charge is 0.258 e. The molecule has 1 saturated heterocycles. The summed E-state index contributed by atoms with van der Waals surface area (Å²) in [6.45, 7) is 1.70. The first-order chi connectivity index (χ1) is 9.78. The summed E-state index contributed by atoms with van der Waals surface area (Å²) in [7, 11) is 0. The maximum Gasteiger partial charge on any atom is 0.258 e. The summed E-state index contributed by atoms with van der Waals surface area (Å²) in [4.78, 5) is 21.6. The number of piperidine rings is 1. The lowest BCUT2D eigenvalue weighted by Crippen LogP contribution is -2.41. The van der Waals surface area contributed by atoms with Crippen molar-refractivity contribution in [3.63, 3.8) is 0 Å². The minimum Gasteiger partial charge on any atom is -0.395 e. The van der Waals surface area contributed by atoms with Crippen LogP contribution in [0.2, 0.25) is 0 Å². The Labute approximate surface area is 117 Å². The predicted octanol–water partition coefficient (Wildman–Crippen LogP) is 1.27. The molecule has 5 nitrogen and oxygen atoms in total. The molecule has 0 spiro atoms. The highest BCUT2D eigenvalue weighted by Crippen LogP contribution is 2.18. The summed E-state index contributed by atoms with van der Waals surface area (Å²) in [5.74, 6) is 0.675. The number of para-hydroxylation sites is 1. The molecule has 5 heteroatoms. The molecule has 1 aromatic carbocycles. The van der Waals surface area contributed by atoms with Crippen LogP contribution >= 0.6 is 0 Å². The van der Waals surface area contributed by atoms with Crippen molar-refractivity contribution in [2.45, 2.75) is 31.8 Å². The van der Waals surface area contributed by atoms with Crippen molar-refractivity contribution in [1.82, 2.24) is 14.9 Å². The fourth-order valence-electron chi connectivity index (χ4n) is 2.88. The molecular formula is C15H19N3O2. The van der Waals surface area contributed by atoms with Crippen LogP contribution < -0.4 is 5.56 Å². The monoisotopic (exact) mass is 273 g/mol. The third-order valence-electron chi connectivity index (χ3n) is 3.97. The number of likely N-dealkylation sites (tertiary alicyclic amines) is 1. The number of aromatic amines is 1. The molecule has 0 amide bonds. The van der Waals surface area contributed by atoms with E-state index in [1.54, 1.807) is 6.07 Å². The average Bonchev–Trinajstić information content (AvgIpc) is 2.48. The number of aliphatic hydroxyl groups excluding tert-OH is 1. The molecule has 0 radical (unpaired) electrons. The Kier molecular flexibility index (Phi) is 3.80. The Balaban J connectivity index is 1.88. The van der Waals surface area contributed by atoms with Gasteiger partial charge in [-0.3, -0.25) is 9.69 Å². The van der Waals surface area contributed by atoms with Crippen LogP contribution in [0.5, 0.6) is 0 Å². The molecule has 0 unspecified atom stereocenters. The van der Waals surface area contributed by atoms with Gasteiger partial charge in [-0.2, -0.15) is 0 Å². The highest BCUT2D eigenvalue weighted by molar-refractivity contribution is 5.77. The van der Waals surface area contributed by atoms with Gasteiger partial charge >= 0.3 is 0 Å². The Bertz CT molecular complexity index is 653. The average molecular weight is 273 g/mol. The fraction of sp³-hybridized carbons (Fsp3) is 0.467. The quantitative estimate of drug-likeness (QED) is 0.883. The zero-order valence-corrected chi connectivity index (χ0v) is 11.4. The summed E-state index contributed by atoms with van der Waals surface area (Å²) in [5, 5.41) is 10.1. The van der Waals surface area contributed by atoms with Crippen LogP contribution in [-0.4, -0.2) is 39.2 Å². The number of aliphatic hydroxyl groups is 1. The Morgan fingerprint density at radius 3 is 3.05 bits per heavy atom. The summed E-state index contributed by atoms with van der Waals surface area (Å²) in [5.41, 5.74) is 0.631. The number of nitrogens with zero attached hydrogens (tertiary/aromatic N) is 2. The van der Waals surface area contributed by atoms with E-state index in [0.717, 1.165) is 31.3 Å². The van der Waals surface area contributed by atoms with Gasteiger partial charge in [0.1, 0.15) is 5.82 Å². The number of hydrogen-bond acceptors (Lipinski definition) is 4. The van der Waals surface area contributed by atoms with Crippen LogP contribution in [0.25, 0.3) is 10.9 Å². The second kappa shape index (κ2) is 5.73. The number of nitrogens with one attached hydrogen (secondary N) is 1.